The molecule has 31 heavy (non-hydrogen) atoms. The molecule has 164 valence electrons. The number of piperidine rings is 1. The number of nitrogens with one attached hydrogen (secondary N) is 1. The van der Waals surface area contributed by atoms with Crippen molar-refractivity contribution in [2.24, 2.45) is 0 Å². The zero-order valence-electron chi connectivity index (χ0n) is 18.3. The van der Waals surface area contributed by atoms with E-state index in [1.54, 1.807) is 0 Å². The van der Waals surface area contributed by atoms with Gasteiger partial charge in [0, 0.05) is 23.3 Å². The van der Waals surface area contributed by atoms with Crippen LogP contribution >= 0.6 is 0 Å². The van der Waals surface area contributed by atoms with Gasteiger partial charge in [0.1, 0.15) is 11.9 Å². The van der Waals surface area contributed by atoms with Crippen LogP contribution in [0.25, 0.3) is 0 Å². The summed E-state index contributed by atoms with van der Waals surface area (Å²) in [5.41, 5.74) is 2.53. The van der Waals surface area contributed by atoms with Gasteiger partial charge in [0.25, 0.3) is 5.91 Å². The van der Waals surface area contributed by atoms with Crippen LogP contribution in [0.1, 0.15) is 60.9 Å². The molecule has 2 aromatic rings. The predicted octanol–water partition coefficient (Wildman–Crippen LogP) is 5.01. The Bertz CT molecular complexity index is 878. The topological polar surface area (TPSA) is 50.8 Å². The molecule has 2 saturated heterocycles. The largest absolute Gasteiger partial charge is 0.490 e. The average molecular weight is 421 g/mol. The molecule has 2 aromatic carbocycles. The zero-order chi connectivity index (χ0) is 21.2. The lowest BCUT2D eigenvalue weighted by atomic mass is 9.96. The molecular formula is C26H32N2O3. The Kier molecular flexibility index (Phi) is 5.97. The molecule has 2 aliphatic heterocycles. The number of benzene rings is 2. The lowest BCUT2D eigenvalue weighted by Gasteiger charge is -2.36. The van der Waals surface area contributed by atoms with Crippen molar-refractivity contribution < 1.29 is 14.3 Å². The van der Waals surface area contributed by atoms with Gasteiger partial charge in [0.2, 0.25) is 0 Å². The van der Waals surface area contributed by atoms with E-state index in [4.69, 9.17) is 9.47 Å². The van der Waals surface area contributed by atoms with E-state index >= 15 is 0 Å². The molecule has 5 nitrogen and oxygen atoms in total. The summed E-state index contributed by atoms with van der Waals surface area (Å²) in [4.78, 5) is 15.1. The molecule has 1 aliphatic carbocycles. The van der Waals surface area contributed by atoms with Crippen LogP contribution in [0.15, 0.2) is 48.5 Å². The molecule has 0 spiro atoms. The molecule has 1 saturated carbocycles. The number of carbonyl (C=O) groups is 1. The number of amides is 1. The maximum absolute atomic E-state index is 12.6. The zero-order valence-corrected chi connectivity index (χ0v) is 18.3. The first kappa shape index (κ1) is 20.5. The average Bonchev–Trinajstić information content (AvgIpc) is 2.95. The smallest absolute Gasteiger partial charge is 0.255 e. The van der Waals surface area contributed by atoms with Crippen LogP contribution in [0.5, 0.6) is 5.75 Å². The Morgan fingerprint density at radius 1 is 0.935 bits per heavy atom. The van der Waals surface area contributed by atoms with Crippen molar-refractivity contribution in [1.82, 2.24) is 4.90 Å². The van der Waals surface area contributed by atoms with Crippen LogP contribution in [0.3, 0.4) is 0 Å². The number of ether oxygens (including phenoxy) is 2. The molecule has 5 rings (SSSR count). The minimum Gasteiger partial charge on any atom is -0.490 e. The van der Waals surface area contributed by atoms with Crippen LogP contribution in [0.2, 0.25) is 0 Å². The minimum atomic E-state index is -0.105. The van der Waals surface area contributed by atoms with Crippen LogP contribution in [0, 0.1) is 0 Å². The van der Waals surface area contributed by atoms with Crippen molar-refractivity contribution in [3.63, 3.8) is 0 Å². The highest BCUT2D eigenvalue weighted by atomic mass is 16.5. The third kappa shape index (κ3) is 4.78. The number of fused-ring (bicyclic) bond motifs is 2. The highest BCUT2D eigenvalue weighted by Gasteiger charge is 2.39. The van der Waals surface area contributed by atoms with Gasteiger partial charge in [-0.15, -0.1) is 0 Å². The van der Waals surface area contributed by atoms with Gasteiger partial charge >= 0.3 is 0 Å². The normalized spacial score (nSPS) is 25.8. The maximum Gasteiger partial charge on any atom is 0.255 e. The molecule has 1 amide bonds. The van der Waals surface area contributed by atoms with Crippen LogP contribution in [-0.4, -0.2) is 42.1 Å². The lowest BCUT2D eigenvalue weighted by molar-refractivity contribution is -0.00866. The van der Waals surface area contributed by atoms with Crippen molar-refractivity contribution in [1.29, 1.82) is 0 Å². The fourth-order valence-electron chi connectivity index (χ4n) is 4.97. The summed E-state index contributed by atoms with van der Waals surface area (Å²) >= 11 is 0. The van der Waals surface area contributed by atoms with Gasteiger partial charge in [-0.05, 0) is 94.0 Å². The summed E-state index contributed by atoms with van der Waals surface area (Å²) in [6.45, 7) is 0.618. The van der Waals surface area contributed by atoms with Gasteiger partial charge in [-0.3, -0.25) is 4.79 Å². The van der Waals surface area contributed by atoms with Gasteiger partial charge in [-0.25, -0.2) is 0 Å². The Hall–Kier alpha value is -2.37. The van der Waals surface area contributed by atoms with Crippen molar-refractivity contribution in [2.75, 3.05) is 12.4 Å². The van der Waals surface area contributed by atoms with E-state index in [0.29, 0.717) is 36.5 Å². The van der Waals surface area contributed by atoms with E-state index in [2.05, 4.69) is 17.3 Å². The summed E-state index contributed by atoms with van der Waals surface area (Å²) < 4.78 is 12.1. The summed E-state index contributed by atoms with van der Waals surface area (Å²) in [7, 11) is 2.24. The van der Waals surface area contributed by atoms with Crippen LogP contribution < -0.4 is 10.1 Å². The highest BCUT2D eigenvalue weighted by molar-refractivity contribution is 6.04. The third-order valence-corrected chi connectivity index (χ3v) is 7.22. The first-order valence-corrected chi connectivity index (χ1v) is 11.6. The Labute approximate surface area is 184 Å². The second-order valence-electron chi connectivity index (χ2n) is 9.30. The van der Waals surface area contributed by atoms with Gasteiger partial charge in [-0.1, -0.05) is 12.1 Å². The Balaban J connectivity index is 1.12. The van der Waals surface area contributed by atoms with Crippen molar-refractivity contribution in [3.8, 4) is 5.75 Å². The molecule has 2 heterocycles. The summed E-state index contributed by atoms with van der Waals surface area (Å²) in [6.07, 6.45) is 9.12. The number of carbonyl (C=O) groups excluding carboxylic acids is 1. The molecule has 3 fully saturated rings. The number of hydrogen-bond acceptors (Lipinski definition) is 4. The second kappa shape index (κ2) is 9.01. The number of anilines is 1. The first-order valence-electron chi connectivity index (χ1n) is 11.6. The maximum atomic E-state index is 12.6. The SMILES string of the molecule is CN1[C@@H]2CC[C@H]1CC(Oc1ccc(NC(=O)c3ccc(COC4CCC4)cc3)cc1)C2. The van der Waals surface area contributed by atoms with Crippen molar-refractivity contribution >= 4 is 11.6 Å². The first-order chi connectivity index (χ1) is 15.1. The Morgan fingerprint density at radius 3 is 2.23 bits per heavy atom. The van der Waals surface area contributed by atoms with Crippen molar-refractivity contribution in [2.45, 2.75) is 75.8 Å². The summed E-state index contributed by atoms with van der Waals surface area (Å²) in [5, 5.41) is 2.97. The van der Waals surface area contributed by atoms with Gasteiger partial charge in [-0.2, -0.15) is 0 Å². The van der Waals surface area contributed by atoms with Gasteiger partial charge < -0.3 is 19.7 Å². The number of rotatable bonds is 7. The van der Waals surface area contributed by atoms with Crippen LogP contribution in [0.4, 0.5) is 5.69 Å². The standard InChI is InChI=1S/C26H32N2O3/c1-28-21-11-12-22(28)16-25(15-21)31-24-13-9-20(10-14-24)27-26(29)19-7-5-18(6-8-19)17-30-23-3-2-4-23/h5-10,13-14,21-23,25H,2-4,11-12,15-17H2,1H3,(H,27,29)/t21-,22+,25?. The quantitative estimate of drug-likeness (QED) is 0.684. The molecular weight excluding hydrogens is 388 g/mol. The Morgan fingerprint density at radius 2 is 1.61 bits per heavy atom. The van der Waals surface area contributed by atoms with Gasteiger partial charge in [0.15, 0.2) is 0 Å². The predicted molar refractivity (Wildman–Crippen MR) is 121 cm³/mol. The van der Waals surface area contributed by atoms with E-state index in [9.17, 15) is 4.79 Å². The third-order valence-electron chi connectivity index (χ3n) is 7.22. The van der Waals surface area contributed by atoms with E-state index in [0.717, 1.165) is 29.8 Å². The molecule has 0 radical (unpaired) electrons. The van der Waals surface area contributed by atoms with Crippen LogP contribution in [-0.2, 0) is 11.3 Å². The number of nitrogens with zero attached hydrogens (tertiary/aromatic N) is 1. The van der Waals surface area contributed by atoms with Gasteiger partial charge in [0.05, 0.1) is 12.7 Å². The van der Waals surface area contributed by atoms with Crippen molar-refractivity contribution in [3.05, 3.63) is 59.7 Å². The fourth-order valence-corrected chi connectivity index (χ4v) is 4.97. The van der Waals surface area contributed by atoms with E-state index < -0.39 is 0 Å². The summed E-state index contributed by atoms with van der Waals surface area (Å²) in [5.74, 6) is 0.773. The number of hydrogen-bond donors (Lipinski definition) is 1. The molecule has 3 atom stereocenters. The van der Waals surface area contributed by atoms with E-state index in [1.165, 1.54) is 32.1 Å². The molecule has 1 N–H and O–H groups in total. The summed E-state index contributed by atoms with van der Waals surface area (Å²) in [6, 6.07) is 16.7. The molecule has 2 bridgehead atoms. The van der Waals surface area contributed by atoms with E-state index in [1.807, 2.05) is 48.5 Å². The minimum absolute atomic E-state index is 0.105. The monoisotopic (exact) mass is 420 g/mol. The molecule has 3 aliphatic rings. The molecule has 0 aromatic heterocycles. The highest BCUT2D eigenvalue weighted by Crippen LogP contribution is 2.36. The molecule has 5 heteroatoms. The fraction of sp³-hybridized carbons (Fsp3) is 0.500. The molecule has 1 unspecified atom stereocenters. The lowest BCUT2D eigenvalue weighted by Crippen LogP contribution is -2.43. The van der Waals surface area contributed by atoms with E-state index in [-0.39, 0.29) is 5.91 Å². The second-order valence-corrected chi connectivity index (χ2v) is 9.30.